The number of aliphatic hydroxyl groups is 1. The number of hydrogen-bond acceptors (Lipinski definition) is 2. The summed E-state index contributed by atoms with van der Waals surface area (Å²) < 4.78 is 19.2. The number of aliphatic hydroxyl groups excluding tert-OH is 1. The third kappa shape index (κ3) is 2.05. The van der Waals surface area contributed by atoms with Gasteiger partial charge in [-0.15, -0.1) is 0 Å². The molecule has 1 atom stereocenters. The number of para-hydroxylation sites is 1. The molecular formula is C18H15FO2. The summed E-state index contributed by atoms with van der Waals surface area (Å²) >= 11 is 0. The van der Waals surface area contributed by atoms with E-state index in [-0.39, 0.29) is 5.58 Å². The summed E-state index contributed by atoms with van der Waals surface area (Å²) in [6.45, 7) is 0. The van der Waals surface area contributed by atoms with Crippen LogP contribution in [0.15, 0.2) is 46.9 Å². The molecule has 2 nitrogen and oxygen atoms in total. The highest BCUT2D eigenvalue weighted by Gasteiger charge is 2.19. The number of benzene rings is 2. The highest BCUT2D eigenvalue weighted by molar-refractivity contribution is 5.78. The summed E-state index contributed by atoms with van der Waals surface area (Å²) in [7, 11) is 0. The highest BCUT2D eigenvalue weighted by Crippen LogP contribution is 2.32. The molecule has 1 N–H and O–H groups in total. The van der Waals surface area contributed by atoms with Gasteiger partial charge in [0.25, 0.3) is 0 Å². The Morgan fingerprint density at radius 3 is 2.76 bits per heavy atom. The van der Waals surface area contributed by atoms with Crippen molar-refractivity contribution in [3.8, 4) is 0 Å². The van der Waals surface area contributed by atoms with E-state index < -0.39 is 11.9 Å². The molecule has 1 aromatic heterocycles. The van der Waals surface area contributed by atoms with Gasteiger partial charge < -0.3 is 9.52 Å². The lowest BCUT2D eigenvalue weighted by Crippen LogP contribution is -1.99. The van der Waals surface area contributed by atoms with Crippen molar-refractivity contribution in [3.05, 3.63) is 70.7 Å². The molecular weight excluding hydrogens is 267 g/mol. The first kappa shape index (κ1) is 12.6. The third-order valence-electron chi connectivity index (χ3n) is 4.22. The summed E-state index contributed by atoms with van der Waals surface area (Å²) in [4.78, 5) is 0. The van der Waals surface area contributed by atoms with E-state index in [1.807, 2.05) is 12.1 Å². The number of rotatable bonds is 2. The standard InChI is InChI=1S/C18H15FO2/c19-15-6-2-5-14-10-16(21-18(14)15)17(20)13-8-7-11-3-1-4-12(11)9-13/h2,5-10,17,20H,1,3-4H2. The molecule has 0 saturated carbocycles. The molecule has 0 fully saturated rings. The number of furan rings is 1. The van der Waals surface area contributed by atoms with Crippen LogP contribution in [0.25, 0.3) is 11.0 Å². The summed E-state index contributed by atoms with van der Waals surface area (Å²) in [5.74, 6) is -0.0204. The van der Waals surface area contributed by atoms with Gasteiger partial charge >= 0.3 is 0 Å². The minimum absolute atomic E-state index is 0.202. The van der Waals surface area contributed by atoms with Gasteiger partial charge in [-0.3, -0.25) is 0 Å². The molecule has 1 heterocycles. The molecule has 21 heavy (non-hydrogen) atoms. The Hall–Kier alpha value is -2.13. The van der Waals surface area contributed by atoms with Crippen LogP contribution in [0.4, 0.5) is 4.39 Å². The topological polar surface area (TPSA) is 33.4 Å². The van der Waals surface area contributed by atoms with Crippen LogP contribution in [-0.4, -0.2) is 5.11 Å². The molecule has 0 aliphatic heterocycles. The van der Waals surface area contributed by atoms with Crippen LogP contribution in [0, 0.1) is 5.82 Å². The molecule has 0 amide bonds. The lowest BCUT2D eigenvalue weighted by atomic mass is 10.0. The molecule has 1 aliphatic rings. The fraction of sp³-hybridized carbons (Fsp3) is 0.222. The minimum atomic E-state index is -0.859. The predicted molar refractivity (Wildman–Crippen MR) is 78.7 cm³/mol. The van der Waals surface area contributed by atoms with Crippen LogP contribution in [0.5, 0.6) is 0 Å². The Kier molecular flexibility index (Phi) is 2.82. The lowest BCUT2D eigenvalue weighted by Gasteiger charge is -2.10. The smallest absolute Gasteiger partial charge is 0.170 e. The molecule has 4 rings (SSSR count). The van der Waals surface area contributed by atoms with Crippen LogP contribution in [0.1, 0.15) is 35.0 Å². The number of fused-ring (bicyclic) bond motifs is 2. The normalized spacial score (nSPS) is 15.3. The Balaban J connectivity index is 1.75. The fourth-order valence-corrected chi connectivity index (χ4v) is 3.11. The van der Waals surface area contributed by atoms with E-state index in [9.17, 15) is 9.50 Å². The molecule has 3 heteroatoms. The van der Waals surface area contributed by atoms with Gasteiger partial charge in [0, 0.05) is 5.39 Å². The second-order valence-electron chi connectivity index (χ2n) is 5.59. The van der Waals surface area contributed by atoms with E-state index in [0.717, 1.165) is 18.4 Å². The Morgan fingerprint density at radius 2 is 1.90 bits per heavy atom. The summed E-state index contributed by atoms with van der Waals surface area (Å²) in [6, 6.07) is 12.5. The van der Waals surface area contributed by atoms with Crippen LogP contribution in [0.3, 0.4) is 0 Å². The van der Waals surface area contributed by atoms with E-state index in [4.69, 9.17) is 4.42 Å². The van der Waals surface area contributed by atoms with Crippen molar-refractivity contribution in [2.75, 3.05) is 0 Å². The molecule has 2 aromatic carbocycles. The zero-order valence-corrected chi connectivity index (χ0v) is 11.5. The van der Waals surface area contributed by atoms with Gasteiger partial charge in [0.2, 0.25) is 0 Å². The van der Waals surface area contributed by atoms with Crippen molar-refractivity contribution in [1.29, 1.82) is 0 Å². The van der Waals surface area contributed by atoms with E-state index in [1.54, 1.807) is 18.2 Å². The first-order valence-corrected chi connectivity index (χ1v) is 7.20. The zero-order chi connectivity index (χ0) is 14.4. The molecule has 106 valence electrons. The third-order valence-corrected chi connectivity index (χ3v) is 4.22. The van der Waals surface area contributed by atoms with Crippen LogP contribution >= 0.6 is 0 Å². The average molecular weight is 282 g/mol. The van der Waals surface area contributed by atoms with Gasteiger partial charge in [0.1, 0.15) is 11.9 Å². The lowest BCUT2D eigenvalue weighted by molar-refractivity contribution is 0.192. The SMILES string of the molecule is OC(c1ccc2c(c1)CCC2)c1cc2cccc(F)c2o1. The number of halogens is 1. The molecule has 3 aromatic rings. The van der Waals surface area contributed by atoms with Gasteiger partial charge in [0.15, 0.2) is 11.4 Å². The van der Waals surface area contributed by atoms with Crippen molar-refractivity contribution >= 4 is 11.0 Å². The maximum absolute atomic E-state index is 13.7. The molecule has 1 aliphatic carbocycles. The molecule has 0 spiro atoms. The van der Waals surface area contributed by atoms with E-state index in [2.05, 4.69) is 6.07 Å². The van der Waals surface area contributed by atoms with E-state index in [0.29, 0.717) is 11.1 Å². The monoisotopic (exact) mass is 282 g/mol. The highest BCUT2D eigenvalue weighted by atomic mass is 19.1. The summed E-state index contributed by atoms with van der Waals surface area (Å²) in [5.41, 5.74) is 3.67. The maximum Gasteiger partial charge on any atom is 0.170 e. The Morgan fingerprint density at radius 1 is 1.05 bits per heavy atom. The van der Waals surface area contributed by atoms with Crippen molar-refractivity contribution in [1.82, 2.24) is 0 Å². The van der Waals surface area contributed by atoms with Crippen LogP contribution in [0.2, 0.25) is 0 Å². The van der Waals surface area contributed by atoms with Gasteiger partial charge in [-0.25, -0.2) is 4.39 Å². The van der Waals surface area contributed by atoms with Gasteiger partial charge in [-0.1, -0.05) is 30.3 Å². The van der Waals surface area contributed by atoms with Crippen molar-refractivity contribution in [2.24, 2.45) is 0 Å². The van der Waals surface area contributed by atoms with E-state index >= 15 is 0 Å². The predicted octanol–water partition coefficient (Wildman–Crippen LogP) is 4.14. The quantitative estimate of drug-likeness (QED) is 0.766. The zero-order valence-electron chi connectivity index (χ0n) is 11.5. The first-order valence-electron chi connectivity index (χ1n) is 7.20. The first-order chi connectivity index (χ1) is 10.2. The largest absolute Gasteiger partial charge is 0.455 e. The second kappa shape index (κ2) is 4.71. The Bertz CT molecular complexity index is 819. The van der Waals surface area contributed by atoms with Crippen molar-refractivity contribution in [3.63, 3.8) is 0 Å². The number of hydrogen-bond donors (Lipinski definition) is 1. The van der Waals surface area contributed by atoms with E-state index in [1.165, 1.54) is 23.6 Å². The minimum Gasteiger partial charge on any atom is -0.455 e. The average Bonchev–Trinajstić information content (AvgIpc) is 3.12. The molecule has 1 unspecified atom stereocenters. The summed E-state index contributed by atoms with van der Waals surface area (Å²) in [5, 5.41) is 11.2. The van der Waals surface area contributed by atoms with Gasteiger partial charge in [0.05, 0.1) is 0 Å². The van der Waals surface area contributed by atoms with Crippen molar-refractivity contribution < 1.29 is 13.9 Å². The Labute approximate surface area is 121 Å². The number of aryl methyl sites for hydroxylation is 2. The molecule has 0 radical (unpaired) electrons. The summed E-state index contributed by atoms with van der Waals surface area (Å²) in [6.07, 6.45) is 2.49. The molecule has 0 bridgehead atoms. The van der Waals surface area contributed by atoms with Gasteiger partial charge in [-0.05, 0) is 48.1 Å². The maximum atomic E-state index is 13.7. The van der Waals surface area contributed by atoms with Crippen LogP contribution in [-0.2, 0) is 12.8 Å². The van der Waals surface area contributed by atoms with Crippen LogP contribution < -0.4 is 0 Å². The molecule has 0 saturated heterocycles. The van der Waals surface area contributed by atoms with Gasteiger partial charge in [-0.2, -0.15) is 0 Å². The second-order valence-corrected chi connectivity index (χ2v) is 5.59. The fourth-order valence-electron chi connectivity index (χ4n) is 3.11. The van der Waals surface area contributed by atoms with Crippen molar-refractivity contribution in [2.45, 2.75) is 25.4 Å².